The molecular formula is C26H31N7. The molecule has 7 nitrogen and oxygen atoms in total. The summed E-state index contributed by atoms with van der Waals surface area (Å²) >= 11 is 0. The van der Waals surface area contributed by atoms with Gasteiger partial charge in [0.05, 0.1) is 5.69 Å². The summed E-state index contributed by atoms with van der Waals surface area (Å²) in [6, 6.07) is 14.9. The largest absolute Gasteiger partial charge is 0.356 e. The van der Waals surface area contributed by atoms with Crippen LogP contribution in [0.15, 0.2) is 54.9 Å². The van der Waals surface area contributed by atoms with Crippen LogP contribution in [0.2, 0.25) is 0 Å². The number of nitrogens with one attached hydrogen (secondary N) is 3. The molecule has 0 bridgehead atoms. The first-order valence-corrected chi connectivity index (χ1v) is 11.8. The number of H-pyrrole nitrogens is 1. The van der Waals surface area contributed by atoms with Crippen molar-refractivity contribution in [2.24, 2.45) is 0 Å². The van der Waals surface area contributed by atoms with Crippen molar-refractivity contribution in [2.75, 3.05) is 38.1 Å². The molecule has 0 saturated carbocycles. The lowest BCUT2D eigenvalue weighted by Gasteiger charge is -2.28. The van der Waals surface area contributed by atoms with E-state index in [0.29, 0.717) is 0 Å². The highest BCUT2D eigenvalue weighted by Crippen LogP contribution is 2.30. The van der Waals surface area contributed by atoms with Crippen molar-refractivity contribution in [3.63, 3.8) is 0 Å². The standard InChI is InChI=1S/C26H31N7/c1-27-12-13-28-18-19-6-5-7-20(16-19)23-17-24(33-14-3-2-4-15-33)32-26(31-23)22-9-11-30-25-21(22)8-10-29-25/h5-11,16-17,27-28H,2-4,12-15,18H2,1H3,(H,29,30). The fourth-order valence-corrected chi connectivity index (χ4v) is 4.43. The van der Waals surface area contributed by atoms with E-state index in [9.17, 15) is 0 Å². The summed E-state index contributed by atoms with van der Waals surface area (Å²) in [5, 5.41) is 7.70. The van der Waals surface area contributed by atoms with E-state index >= 15 is 0 Å². The van der Waals surface area contributed by atoms with Crippen LogP contribution in [0, 0.1) is 0 Å². The van der Waals surface area contributed by atoms with Crippen LogP contribution in [0.3, 0.4) is 0 Å². The Labute approximate surface area is 194 Å². The monoisotopic (exact) mass is 441 g/mol. The molecule has 1 aliphatic heterocycles. The smallest absolute Gasteiger partial charge is 0.162 e. The molecule has 3 aromatic heterocycles. The quantitative estimate of drug-likeness (QED) is 0.359. The van der Waals surface area contributed by atoms with Gasteiger partial charge in [0.15, 0.2) is 5.82 Å². The van der Waals surface area contributed by atoms with Gasteiger partial charge < -0.3 is 20.5 Å². The first kappa shape index (κ1) is 21.6. The van der Waals surface area contributed by atoms with E-state index in [0.717, 1.165) is 72.2 Å². The third-order valence-corrected chi connectivity index (χ3v) is 6.20. The van der Waals surface area contributed by atoms with Gasteiger partial charge in [-0.2, -0.15) is 0 Å². The van der Waals surface area contributed by atoms with Crippen molar-refractivity contribution < 1.29 is 0 Å². The van der Waals surface area contributed by atoms with E-state index in [1.54, 1.807) is 0 Å². The predicted octanol–water partition coefficient (Wildman–Crippen LogP) is 3.99. The summed E-state index contributed by atoms with van der Waals surface area (Å²) in [5.74, 6) is 1.75. The van der Waals surface area contributed by atoms with Crippen LogP contribution in [0.1, 0.15) is 24.8 Å². The second-order valence-electron chi connectivity index (χ2n) is 8.56. The topological polar surface area (TPSA) is 81.8 Å². The van der Waals surface area contributed by atoms with Gasteiger partial charge in [0.2, 0.25) is 0 Å². The zero-order valence-corrected chi connectivity index (χ0v) is 19.1. The van der Waals surface area contributed by atoms with E-state index in [1.807, 2.05) is 31.6 Å². The fraction of sp³-hybridized carbons (Fsp3) is 0.346. The van der Waals surface area contributed by atoms with Crippen molar-refractivity contribution in [3.05, 3.63) is 60.4 Å². The number of fused-ring (bicyclic) bond motifs is 1. The van der Waals surface area contributed by atoms with Gasteiger partial charge in [0.1, 0.15) is 11.5 Å². The van der Waals surface area contributed by atoms with Crippen LogP contribution in [0.5, 0.6) is 0 Å². The molecule has 0 unspecified atom stereocenters. The summed E-state index contributed by atoms with van der Waals surface area (Å²) in [4.78, 5) is 20.1. The molecule has 1 aromatic carbocycles. The van der Waals surface area contributed by atoms with Crippen LogP contribution in [-0.4, -0.2) is 53.2 Å². The number of nitrogens with zero attached hydrogens (tertiary/aromatic N) is 4. The van der Waals surface area contributed by atoms with Gasteiger partial charge in [0.25, 0.3) is 0 Å². The number of anilines is 1. The van der Waals surface area contributed by atoms with Gasteiger partial charge in [-0.25, -0.2) is 15.0 Å². The van der Waals surface area contributed by atoms with E-state index in [1.165, 1.54) is 24.8 Å². The second kappa shape index (κ2) is 10.1. The van der Waals surface area contributed by atoms with E-state index < -0.39 is 0 Å². The molecule has 0 spiro atoms. The molecule has 4 aromatic rings. The van der Waals surface area contributed by atoms with Crippen LogP contribution >= 0.6 is 0 Å². The minimum atomic E-state index is 0.748. The van der Waals surface area contributed by atoms with Crippen molar-refractivity contribution >= 4 is 16.9 Å². The van der Waals surface area contributed by atoms with Crippen molar-refractivity contribution in [1.82, 2.24) is 30.6 Å². The molecule has 170 valence electrons. The molecule has 3 N–H and O–H groups in total. The molecule has 1 fully saturated rings. The number of aromatic amines is 1. The predicted molar refractivity (Wildman–Crippen MR) is 134 cm³/mol. The van der Waals surface area contributed by atoms with Crippen molar-refractivity contribution in [3.8, 4) is 22.6 Å². The van der Waals surface area contributed by atoms with Gasteiger partial charge in [-0.05, 0) is 50.1 Å². The highest BCUT2D eigenvalue weighted by atomic mass is 15.2. The van der Waals surface area contributed by atoms with Gasteiger partial charge in [-0.3, -0.25) is 0 Å². The molecule has 1 saturated heterocycles. The van der Waals surface area contributed by atoms with E-state index in [-0.39, 0.29) is 0 Å². The Balaban J connectivity index is 1.54. The Morgan fingerprint density at radius 3 is 2.79 bits per heavy atom. The number of pyridine rings is 1. The third kappa shape index (κ3) is 4.89. The lowest BCUT2D eigenvalue weighted by Crippen LogP contribution is -2.30. The maximum atomic E-state index is 5.04. The maximum absolute atomic E-state index is 5.04. The lowest BCUT2D eigenvalue weighted by atomic mass is 10.1. The van der Waals surface area contributed by atoms with Crippen LogP contribution < -0.4 is 15.5 Å². The Hall–Kier alpha value is -3.29. The SMILES string of the molecule is CNCCNCc1cccc(-c2cc(N3CCCCC3)nc(-c3ccnc4[nH]ccc34)n2)c1. The molecule has 5 rings (SSSR count). The van der Waals surface area contributed by atoms with Crippen LogP contribution in [0.25, 0.3) is 33.7 Å². The average Bonchev–Trinajstić information content (AvgIpc) is 3.36. The molecule has 0 amide bonds. The first-order valence-electron chi connectivity index (χ1n) is 11.8. The zero-order chi connectivity index (χ0) is 22.5. The number of aromatic nitrogens is 4. The van der Waals surface area contributed by atoms with Crippen molar-refractivity contribution in [2.45, 2.75) is 25.8 Å². The molecular weight excluding hydrogens is 410 g/mol. The molecule has 0 aliphatic carbocycles. The number of hydrogen-bond acceptors (Lipinski definition) is 6. The number of piperidine rings is 1. The lowest BCUT2D eigenvalue weighted by molar-refractivity contribution is 0.573. The molecule has 33 heavy (non-hydrogen) atoms. The Morgan fingerprint density at radius 1 is 1.00 bits per heavy atom. The summed E-state index contributed by atoms with van der Waals surface area (Å²) in [5.41, 5.74) is 5.18. The molecule has 0 atom stereocenters. The number of likely N-dealkylation sites (N-methyl/N-ethyl adjacent to an activating group) is 1. The minimum Gasteiger partial charge on any atom is -0.356 e. The minimum absolute atomic E-state index is 0.748. The van der Waals surface area contributed by atoms with Gasteiger partial charge in [0, 0.05) is 67.7 Å². The normalized spacial score (nSPS) is 14.2. The van der Waals surface area contributed by atoms with Crippen LogP contribution in [0.4, 0.5) is 5.82 Å². The van der Waals surface area contributed by atoms with Gasteiger partial charge in [-0.1, -0.05) is 18.2 Å². The van der Waals surface area contributed by atoms with Gasteiger partial charge >= 0.3 is 0 Å². The zero-order valence-electron chi connectivity index (χ0n) is 19.1. The number of benzene rings is 1. The highest BCUT2D eigenvalue weighted by molar-refractivity contribution is 5.91. The summed E-state index contributed by atoms with van der Waals surface area (Å²) in [6.45, 7) is 4.81. The van der Waals surface area contributed by atoms with Crippen molar-refractivity contribution in [1.29, 1.82) is 0 Å². The fourth-order valence-electron chi connectivity index (χ4n) is 4.43. The van der Waals surface area contributed by atoms with E-state index in [4.69, 9.17) is 9.97 Å². The molecule has 7 heteroatoms. The second-order valence-corrected chi connectivity index (χ2v) is 8.56. The molecule has 4 heterocycles. The third-order valence-electron chi connectivity index (χ3n) is 6.20. The summed E-state index contributed by atoms with van der Waals surface area (Å²) < 4.78 is 0. The highest BCUT2D eigenvalue weighted by Gasteiger charge is 2.17. The summed E-state index contributed by atoms with van der Waals surface area (Å²) in [6.07, 6.45) is 7.45. The Kier molecular flexibility index (Phi) is 6.60. The van der Waals surface area contributed by atoms with E-state index in [2.05, 4.69) is 55.8 Å². The molecule has 1 aliphatic rings. The number of rotatable bonds is 8. The maximum Gasteiger partial charge on any atom is 0.162 e. The first-order chi connectivity index (χ1) is 16.3. The van der Waals surface area contributed by atoms with Crippen LogP contribution in [-0.2, 0) is 6.54 Å². The molecule has 0 radical (unpaired) electrons. The summed E-state index contributed by atoms with van der Waals surface area (Å²) in [7, 11) is 1.97. The Bertz CT molecular complexity index is 1210. The average molecular weight is 442 g/mol. The Morgan fingerprint density at radius 2 is 1.91 bits per heavy atom. The number of hydrogen-bond donors (Lipinski definition) is 3. The van der Waals surface area contributed by atoms with Gasteiger partial charge in [-0.15, -0.1) is 0 Å².